The number of hydrogen-bond acceptors (Lipinski definition) is 5. The van der Waals surface area contributed by atoms with Crippen LogP contribution in [0.3, 0.4) is 0 Å². The van der Waals surface area contributed by atoms with Crippen LogP contribution in [0.5, 0.6) is 0 Å². The molecule has 0 saturated carbocycles. The monoisotopic (exact) mass is 310 g/mol. The van der Waals surface area contributed by atoms with Crippen molar-refractivity contribution in [2.45, 2.75) is 25.8 Å². The van der Waals surface area contributed by atoms with Crippen molar-refractivity contribution in [1.82, 2.24) is 0 Å². The summed E-state index contributed by atoms with van der Waals surface area (Å²) in [5.74, 6) is 0.433. The first kappa shape index (κ1) is 17.5. The molecule has 0 bridgehead atoms. The lowest BCUT2D eigenvalue weighted by Gasteiger charge is -2.10. The Morgan fingerprint density at radius 2 is 2.10 bits per heavy atom. The summed E-state index contributed by atoms with van der Waals surface area (Å²) in [6, 6.07) is 7.08. The summed E-state index contributed by atoms with van der Waals surface area (Å²) in [6.07, 6.45) is 0. The Kier molecular flexibility index (Phi) is 7.25. The normalized spacial score (nSPS) is 12.0. The first-order valence-electron chi connectivity index (χ1n) is 6.75. The fourth-order valence-electron chi connectivity index (χ4n) is 1.67. The number of esters is 1. The molecule has 0 fully saturated rings. The van der Waals surface area contributed by atoms with Crippen molar-refractivity contribution in [3.05, 3.63) is 29.8 Å². The fraction of sp³-hybridized carbons (Fsp3) is 0.467. The topological polar surface area (TPSA) is 81.4 Å². The standard InChI is InChI=1S/C15H22N2O3S/c1-10(2)11-5-4-6-12(7-11)17-14(18)9-21-8-13(16)15(19)20-3/h4-7,10,13H,8-9,16H2,1-3H3,(H,17,18). The molecule has 1 unspecified atom stereocenters. The quantitative estimate of drug-likeness (QED) is 0.753. The predicted molar refractivity (Wildman–Crippen MR) is 86.5 cm³/mol. The van der Waals surface area contributed by atoms with E-state index in [1.54, 1.807) is 0 Å². The highest BCUT2D eigenvalue weighted by molar-refractivity contribution is 8.00. The summed E-state index contributed by atoms with van der Waals surface area (Å²) in [7, 11) is 1.29. The van der Waals surface area contributed by atoms with Crippen LogP contribution in [0.25, 0.3) is 0 Å². The number of nitrogens with one attached hydrogen (secondary N) is 1. The van der Waals surface area contributed by atoms with Crippen molar-refractivity contribution < 1.29 is 14.3 Å². The molecule has 5 nitrogen and oxygen atoms in total. The highest BCUT2D eigenvalue weighted by atomic mass is 32.2. The Labute approximate surface area is 129 Å². The molecule has 21 heavy (non-hydrogen) atoms. The number of methoxy groups -OCH3 is 1. The van der Waals surface area contributed by atoms with E-state index in [1.807, 2.05) is 24.3 Å². The molecular formula is C15H22N2O3S. The number of nitrogens with two attached hydrogens (primary N) is 1. The number of carbonyl (C=O) groups is 2. The predicted octanol–water partition coefficient (Wildman–Crippen LogP) is 1.98. The van der Waals surface area contributed by atoms with Gasteiger partial charge in [0.2, 0.25) is 5.91 Å². The van der Waals surface area contributed by atoms with Crippen LogP contribution < -0.4 is 11.1 Å². The highest BCUT2D eigenvalue weighted by Gasteiger charge is 2.14. The van der Waals surface area contributed by atoms with Gasteiger partial charge in [0.05, 0.1) is 12.9 Å². The molecule has 1 aromatic carbocycles. The van der Waals surface area contributed by atoms with Crippen LogP contribution in [-0.2, 0) is 14.3 Å². The Morgan fingerprint density at radius 1 is 1.38 bits per heavy atom. The van der Waals surface area contributed by atoms with Gasteiger partial charge < -0.3 is 15.8 Å². The van der Waals surface area contributed by atoms with Crippen molar-refractivity contribution >= 4 is 29.3 Å². The molecule has 1 amide bonds. The third-order valence-electron chi connectivity index (χ3n) is 2.87. The van der Waals surface area contributed by atoms with E-state index in [9.17, 15) is 9.59 Å². The van der Waals surface area contributed by atoms with E-state index in [0.717, 1.165) is 5.69 Å². The van der Waals surface area contributed by atoms with Crippen molar-refractivity contribution in [3.8, 4) is 0 Å². The van der Waals surface area contributed by atoms with Crippen LogP contribution in [-0.4, -0.2) is 36.5 Å². The zero-order valence-electron chi connectivity index (χ0n) is 12.6. The van der Waals surface area contributed by atoms with E-state index >= 15 is 0 Å². The van der Waals surface area contributed by atoms with E-state index in [0.29, 0.717) is 11.7 Å². The third kappa shape index (κ3) is 6.18. The average Bonchev–Trinajstić information content (AvgIpc) is 2.46. The number of hydrogen-bond donors (Lipinski definition) is 2. The molecule has 0 aliphatic carbocycles. The molecule has 3 N–H and O–H groups in total. The summed E-state index contributed by atoms with van der Waals surface area (Å²) in [6.45, 7) is 4.20. The van der Waals surface area contributed by atoms with Gasteiger partial charge in [0.25, 0.3) is 0 Å². The maximum atomic E-state index is 11.8. The zero-order valence-corrected chi connectivity index (χ0v) is 13.4. The van der Waals surface area contributed by atoms with E-state index in [1.165, 1.54) is 24.4 Å². The van der Waals surface area contributed by atoms with Crippen LogP contribution in [0.4, 0.5) is 5.69 Å². The van der Waals surface area contributed by atoms with Crippen LogP contribution in [0.1, 0.15) is 25.3 Å². The molecule has 0 spiro atoms. The van der Waals surface area contributed by atoms with Crippen molar-refractivity contribution in [2.24, 2.45) is 5.73 Å². The number of amides is 1. The highest BCUT2D eigenvalue weighted by Crippen LogP contribution is 2.18. The van der Waals surface area contributed by atoms with Crippen LogP contribution in [0, 0.1) is 0 Å². The molecule has 0 saturated heterocycles. The minimum Gasteiger partial charge on any atom is -0.468 e. The molecule has 0 aromatic heterocycles. The fourth-order valence-corrected chi connectivity index (χ4v) is 2.44. The molecule has 1 aromatic rings. The minimum absolute atomic E-state index is 0.113. The number of rotatable bonds is 7. The van der Waals surface area contributed by atoms with Gasteiger partial charge in [-0.05, 0) is 23.6 Å². The molecular weight excluding hydrogens is 288 g/mol. The first-order chi connectivity index (χ1) is 9.93. The lowest BCUT2D eigenvalue weighted by Crippen LogP contribution is -2.34. The van der Waals surface area contributed by atoms with Crippen LogP contribution in [0.2, 0.25) is 0 Å². The molecule has 116 valence electrons. The first-order valence-corrected chi connectivity index (χ1v) is 7.90. The van der Waals surface area contributed by atoms with Crippen LogP contribution >= 0.6 is 11.8 Å². The summed E-state index contributed by atoms with van der Waals surface area (Å²) in [5, 5.41) is 2.84. The molecule has 1 atom stereocenters. The maximum Gasteiger partial charge on any atom is 0.323 e. The summed E-state index contributed by atoms with van der Waals surface area (Å²) >= 11 is 1.31. The molecule has 6 heteroatoms. The second kappa shape index (κ2) is 8.69. The van der Waals surface area contributed by atoms with Crippen molar-refractivity contribution in [1.29, 1.82) is 0 Å². The number of benzene rings is 1. The van der Waals surface area contributed by atoms with Gasteiger partial charge in [0.15, 0.2) is 0 Å². The van der Waals surface area contributed by atoms with Gasteiger partial charge in [0, 0.05) is 11.4 Å². The van der Waals surface area contributed by atoms with Gasteiger partial charge in [-0.1, -0.05) is 26.0 Å². The second-order valence-electron chi connectivity index (χ2n) is 4.97. The molecule has 0 aliphatic heterocycles. The summed E-state index contributed by atoms with van der Waals surface area (Å²) in [4.78, 5) is 22.9. The van der Waals surface area contributed by atoms with Crippen molar-refractivity contribution in [3.63, 3.8) is 0 Å². The number of ether oxygens (including phenoxy) is 1. The van der Waals surface area contributed by atoms with E-state index in [-0.39, 0.29) is 11.7 Å². The smallest absolute Gasteiger partial charge is 0.323 e. The summed E-state index contributed by atoms with van der Waals surface area (Å²) in [5.41, 5.74) is 7.55. The Morgan fingerprint density at radius 3 is 2.71 bits per heavy atom. The van der Waals surface area contributed by atoms with Crippen LogP contribution in [0.15, 0.2) is 24.3 Å². The molecule has 1 rings (SSSR count). The van der Waals surface area contributed by atoms with Gasteiger partial charge >= 0.3 is 5.97 Å². The Balaban J connectivity index is 2.40. The largest absolute Gasteiger partial charge is 0.468 e. The SMILES string of the molecule is COC(=O)C(N)CSCC(=O)Nc1cccc(C(C)C)c1. The van der Waals surface area contributed by atoms with Gasteiger partial charge in [-0.15, -0.1) is 11.8 Å². The van der Waals surface area contributed by atoms with Crippen molar-refractivity contribution in [2.75, 3.05) is 23.9 Å². The summed E-state index contributed by atoms with van der Waals surface area (Å²) < 4.78 is 4.52. The molecule has 0 heterocycles. The Bertz CT molecular complexity index is 492. The number of thioether (sulfide) groups is 1. The number of anilines is 1. The maximum absolute atomic E-state index is 11.8. The minimum atomic E-state index is -0.697. The third-order valence-corrected chi connectivity index (χ3v) is 3.93. The van der Waals surface area contributed by atoms with E-state index in [4.69, 9.17) is 5.73 Å². The molecule has 0 aliphatic rings. The average molecular weight is 310 g/mol. The van der Waals surface area contributed by atoms with Gasteiger partial charge in [-0.3, -0.25) is 9.59 Å². The van der Waals surface area contributed by atoms with Gasteiger partial charge in [-0.2, -0.15) is 0 Å². The van der Waals surface area contributed by atoms with Gasteiger partial charge in [-0.25, -0.2) is 0 Å². The van der Waals surface area contributed by atoms with E-state index in [2.05, 4.69) is 23.9 Å². The van der Waals surface area contributed by atoms with Gasteiger partial charge in [0.1, 0.15) is 6.04 Å². The lowest BCUT2D eigenvalue weighted by atomic mass is 10.0. The zero-order chi connectivity index (χ0) is 15.8. The second-order valence-corrected chi connectivity index (χ2v) is 6.00. The number of carbonyl (C=O) groups excluding carboxylic acids is 2. The molecule has 0 radical (unpaired) electrons. The lowest BCUT2D eigenvalue weighted by molar-refractivity contribution is -0.141. The van der Waals surface area contributed by atoms with E-state index < -0.39 is 12.0 Å². The Hall–Kier alpha value is -1.53.